The van der Waals surface area contributed by atoms with Gasteiger partial charge in [0.15, 0.2) is 0 Å². The second kappa shape index (κ2) is 5.52. The fourth-order valence-electron chi connectivity index (χ4n) is 1.24. The van der Waals surface area contributed by atoms with Gasteiger partial charge in [0.2, 0.25) is 0 Å². The normalized spacial score (nSPS) is 11.6. The molecule has 0 aromatic heterocycles. The maximum Gasteiger partial charge on any atom is 0.321 e. The van der Waals surface area contributed by atoms with Crippen molar-refractivity contribution in [3.8, 4) is 11.8 Å². The molecule has 1 N–H and O–H groups in total. The Kier molecular flexibility index (Phi) is 4.32. The van der Waals surface area contributed by atoms with E-state index in [2.05, 4.69) is 15.9 Å². The number of nitriles is 1. The molecule has 1 aromatic rings. The lowest BCUT2D eigenvalue weighted by molar-refractivity contribution is -0.139. The van der Waals surface area contributed by atoms with Crippen LogP contribution in [0.3, 0.4) is 0 Å². The Morgan fingerprint density at radius 1 is 1.69 bits per heavy atom. The summed E-state index contributed by atoms with van der Waals surface area (Å²) in [5.41, 5.74) is 0.744. The number of hydrogen-bond donors (Lipinski definition) is 1. The van der Waals surface area contributed by atoms with Gasteiger partial charge in [-0.1, -0.05) is 15.9 Å². The molecule has 1 atom stereocenters. The van der Waals surface area contributed by atoms with E-state index in [1.165, 1.54) is 7.11 Å². The molecule has 0 aliphatic heterocycles. The molecule has 0 spiro atoms. The summed E-state index contributed by atoms with van der Waals surface area (Å²) in [5, 5.41) is 17.5. The van der Waals surface area contributed by atoms with Crippen molar-refractivity contribution in [3.05, 3.63) is 28.2 Å². The Hall–Kier alpha value is -1.54. The first kappa shape index (κ1) is 12.5. The van der Waals surface area contributed by atoms with E-state index in [4.69, 9.17) is 15.1 Å². The largest absolute Gasteiger partial charge is 0.497 e. The molecule has 16 heavy (non-hydrogen) atoms. The Balaban J connectivity index is 2.96. The predicted octanol–water partition coefficient (Wildman–Crippen LogP) is 2.22. The van der Waals surface area contributed by atoms with Crippen molar-refractivity contribution in [2.24, 2.45) is 5.92 Å². The second-order valence-electron chi connectivity index (χ2n) is 3.18. The van der Waals surface area contributed by atoms with E-state index in [1.54, 1.807) is 24.3 Å². The van der Waals surface area contributed by atoms with Gasteiger partial charge in [0.05, 0.1) is 13.2 Å². The Morgan fingerprint density at radius 2 is 2.38 bits per heavy atom. The van der Waals surface area contributed by atoms with E-state index in [1.807, 2.05) is 0 Å². The lowest BCUT2D eigenvalue weighted by Crippen LogP contribution is -2.14. The Bertz CT molecular complexity index is 439. The summed E-state index contributed by atoms with van der Waals surface area (Å²) in [6.45, 7) is 0. The number of benzene rings is 1. The van der Waals surface area contributed by atoms with Crippen LogP contribution in [0, 0.1) is 17.2 Å². The zero-order chi connectivity index (χ0) is 12.1. The van der Waals surface area contributed by atoms with Crippen molar-refractivity contribution in [2.75, 3.05) is 7.11 Å². The van der Waals surface area contributed by atoms with E-state index in [0.717, 1.165) is 10.0 Å². The molecule has 1 rings (SSSR count). The standard InChI is InChI=1S/C11H10BrNO3/c1-16-9-2-3-10(12)7(5-9)4-8(6-13)11(14)15/h2-3,5,8H,4H2,1H3,(H,14,15). The quantitative estimate of drug-likeness (QED) is 0.920. The molecular formula is C11H10BrNO3. The van der Waals surface area contributed by atoms with Crippen LogP contribution in [0.25, 0.3) is 0 Å². The summed E-state index contributed by atoms with van der Waals surface area (Å²) in [4.78, 5) is 10.7. The first-order valence-corrected chi connectivity index (χ1v) is 5.32. The third kappa shape index (κ3) is 2.97. The molecule has 0 fully saturated rings. The van der Waals surface area contributed by atoms with Gasteiger partial charge in [0, 0.05) is 10.9 Å². The summed E-state index contributed by atoms with van der Waals surface area (Å²) >= 11 is 3.31. The molecule has 0 radical (unpaired) electrons. The summed E-state index contributed by atoms with van der Waals surface area (Å²) in [5.74, 6) is -1.51. The van der Waals surface area contributed by atoms with Crippen molar-refractivity contribution in [1.82, 2.24) is 0 Å². The van der Waals surface area contributed by atoms with E-state index < -0.39 is 11.9 Å². The van der Waals surface area contributed by atoms with Crippen LogP contribution in [0.15, 0.2) is 22.7 Å². The van der Waals surface area contributed by atoms with Crippen molar-refractivity contribution in [2.45, 2.75) is 6.42 Å². The van der Waals surface area contributed by atoms with Gasteiger partial charge in [-0.3, -0.25) is 4.79 Å². The minimum Gasteiger partial charge on any atom is -0.497 e. The van der Waals surface area contributed by atoms with Crippen molar-refractivity contribution in [3.63, 3.8) is 0 Å². The van der Waals surface area contributed by atoms with Crippen LogP contribution >= 0.6 is 15.9 Å². The minimum atomic E-state index is -1.11. The molecule has 1 aromatic carbocycles. The minimum absolute atomic E-state index is 0.156. The predicted molar refractivity (Wildman–Crippen MR) is 61.1 cm³/mol. The van der Waals surface area contributed by atoms with E-state index in [-0.39, 0.29) is 6.42 Å². The highest BCUT2D eigenvalue weighted by molar-refractivity contribution is 9.10. The molecule has 0 saturated heterocycles. The fourth-order valence-corrected chi connectivity index (χ4v) is 1.65. The van der Waals surface area contributed by atoms with Gasteiger partial charge in [-0.25, -0.2) is 0 Å². The van der Waals surface area contributed by atoms with Crippen LogP contribution in [-0.4, -0.2) is 18.2 Å². The lowest BCUT2D eigenvalue weighted by atomic mass is 10.0. The molecule has 0 heterocycles. The van der Waals surface area contributed by atoms with Gasteiger partial charge in [0.25, 0.3) is 0 Å². The second-order valence-corrected chi connectivity index (χ2v) is 4.04. The zero-order valence-corrected chi connectivity index (χ0v) is 10.2. The molecule has 5 heteroatoms. The van der Waals surface area contributed by atoms with Gasteiger partial charge in [0.1, 0.15) is 11.7 Å². The molecule has 0 amide bonds. The van der Waals surface area contributed by atoms with Gasteiger partial charge >= 0.3 is 5.97 Å². The van der Waals surface area contributed by atoms with Crippen molar-refractivity contribution < 1.29 is 14.6 Å². The Labute approximate surface area is 102 Å². The molecule has 1 unspecified atom stereocenters. The number of methoxy groups -OCH3 is 1. The highest BCUT2D eigenvalue weighted by Gasteiger charge is 2.18. The molecule has 4 nitrogen and oxygen atoms in total. The van der Waals surface area contributed by atoms with Crippen molar-refractivity contribution >= 4 is 21.9 Å². The van der Waals surface area contributed by atoms with Crippen LogP contribution in [-0.2, 0) is 11.2 Å². The molecule has 84 valence electrons. The summed E-state index contributed by atoms with van der Waals surface area (Å²) in [6.07, 6.45) is 0.156. The number of ether oxygens (including phenoxy) is 1. The lowest BCUT2D eigenvalue weighted by Gasteiger charge is -2.08. The average molecular weight is 284 g/mol. The SMILES string of the molecule is COc1ccc(Br)c(CC(C#N)C(=O)O)c1. The summed E-state index contributed by atoms with van der Waals surface area (Å²) in [7, 11) is 1.53. The number of carboxylic acids is 1. The molecular weight excluding hydrogens is 274 g/mol. The third-order valence-electron chi connectivity index (χ3n) is 2.13. The van der Waals surface area contributed by atoms with Crippen LogP contribution < -0.4 is 4.74 Å². The number of rotatable bonds is 4. The first-order valence-electron chi connectivity index (χ1n) is 4.53. The average Bonchev–Trinajstić information content (AvgIpc) is 2.27. The van der Waals surface area contributed by atoms with Crippen molar-refractivity contribution in [1.29, 1.82) is 5.26 Å². The van der Waals surface area contributed by atoms with Crippen LogP contribution in [0.5, 0.6) is 5.75 Å². The van der Waals surface area contributed by atoms with Gasteiger partial charge < -0.3 is 9.84 Å². The smallest absolute Gasteiger partial charge is 0.321 e. The maximum absolute atomic E-state index is 10.7. The topological polar surface area (TPSA) is 70.3 Å². The summed E-state index contributed by atoms with van der Waals surface area (Å²) in [6, 6.07) is 7.00. The monoisotopic (exact) mass is 283 g/mol. The van der Waals surface area contributed by atoms with Gasteiger partial charge in [-0.2, -0.15) is 5.26 Å². The molecule has 0 bridgehead atoms. The van der Waals surface area contributed by atoms with E-state index >= 15 is 0 Å². The molecule has 0 saturated carbocycles. The number of aliphatic carboxylic acids is 1. The number of hydrogen-bond acceptors (Lipinski definition) is 3. The molecule has 0 aliphatic rings. The third-order valence-corrected chi connectivity index (χ3v) is 2.90. The number of carbonyl (C=O) groups is 1. The van der Waals surface area contributed by atoms with Gasteiger partial charge in [-0.15, -0.1) is 0 Å². The van der Waals surface area contributed by atoms with Crippen LogP contribution in [0.1, 0.15) is 5.56 Å². The fraction of sp³-hybridized carbons (Fsp3) is 0.273. The van der Waals surface area contributed by atoms with E-state index in [0.29, 0.717) is 5.75 Å². The number of halogens is 1. The highest BCUT2D eigenvalue weighted by atomic mass is 79.9. The van der Waals surface area contributed by atoms with Gasteiger partial charge in [-0.05, 0) is 23.8 Å². The number of nitrogens with zero attached hydrogens (tertiary/aromatic N) is 1. The Morgan fingerprint density at radius 3 is 2.88 bits per heavy atom. The summed E-state index contributed by atoms with van der Waals surface area (Å²) < 4.78 is 5.81. The first-order chi connectivity index (χ1) is 7.58. The number of carboxylic acid groups (broad SMARTS) is 1. The van der Waals surface area contributed by atoms with Crippen LogP contribution in [0.2, 0.25) is 0 Å². The zero-order valence-electron chi connectivity index (χ0n) is 8.61. The van der Waals surface area contributed by atoms with Crippen LogP contribution in [0.4, 0.5) is 0 Å². The maximum atomic E-state index is 10.7. The molecule has 0 aliphatic carbocycles. The van der Waals surface area contributed by atoms with E-state index in [9.17, 15) is 4.79 Å². The highest BCUT2D eigenvalue weighted by Crippen LogP contribution is 2.24.